The smallest absolute Gasteiger partial charge is 0.264 e. The summed E-state index contributed by atoms with van der Waals surface area (Å²) >= 11 is 6.45. The highest BCUT2D eigenvalue weighted by molar-refractivity contribution is 7.92. The van der Waals surface area contributed by atoms with Gasteiger partial charge in [-0.1, -0.05) is 73.3 Å². The molecule has 3 aromatic carbocycles. The molecule has 1 N–H and O–H groups in total. The summed E-state index contributed by atoms with van der Waals surface area (Å²) in [5.41, 5.74) is 0.946. The zero-order valence-electron chi connectivity index (χ0n) is 23.3. The first kappa shape index (κ1) is 30.4. The van der Waals surface area contributed by atoms with Gasteiger partial charge in [0, 0.05) is 12.6 Å². The van der Waals surface area contributed by atoms with Crippen molar-refractivity contribution in [3.05, 3.63) is 89.4 Å². The van der Waals surface area contributed by atoms with E-state index in [1.54, 1.807) is 68.6 Å². The number of carbonyl (C=O) groups excluding carboxylic acids is 2. The minimum Gasteiger partial charge on any atom is -0.497 e. The van der Waals surface area contributed by atoms with Crippen molar-refractivity contribution in [3.63, 3.8) is 0 Å². The molecule has 10 heteroatoms. The van der Waals surface area contributed by atoms with Crippen LogP contribution in [0.5, 0.6) is 5.75 Å². The van der Waals surface area contributed by atoms with Gasteiger partial charge in [0.1, 0.15) is 18.3 Å². The number of ether oxygens (including phenoxy) is 1. The Hall–Kier alpha value is -3.56. The molecule has 0 aliphatic heterocycles. The topological polar surface area (TPSA) is 96.0 Å². The van der Waals surface area contributed by atoms with Gasteiger partial charge in [-0.2, -0.15) is 0 Å². The van der Waals surface area contributed by atoms with Crippen LogP contribution in [0.1, 0.15) is 44.6 Å². The van der Waals surface area contributed by atoms with Crippen molar-refractivity contribution in [2.75, 3.05) is 18.0 Å². The Morgan fingerprint density at radius 2 is 1.59 bits per heavy atom. The fraction of sp³-hybridized carbons (Fsp3) is 0.355. The number of amides is 2. The highest BCUT2D eigenvalue weighted by Gasteiger charge is 2.33. The van der Waals surface area contributed by atoms with Gasteiger partial charge >= 0.3 is 0 Å². The molecule has 0 radical (unpaired) electrons. The van der Waals surface area contributed by atoms with Crippen molar-refractivity contribution in [2.45, 2.75) is 62.6 Å². The maximum Gasteiger partial charge on any atom is 0.264 e. The van der Waals surface area contributed by atoms with Crippen molar-refractivity contribution in [2.24, 2.45) is 0 Å². The predicted octanol–water partition coefficient (Wildman–Crippen LogP) is 5.41. The van der Waals surface area contributed by atoms with Crippen LogP contribution in [-0.2, 0) is 26.2 Å². The molecule has 8 nitrogen and oxygen atoms in total. The van der Waals surface area contributed by atoms with Crippen LogP contribution >= 0.6 is 11.6 Å². The van der Waals surface area contributed by atoms with E-state index < -0.39 is 28.5 Å². The standard InChI is InChI=1S/C31H36ClN3O5S/c1-23(31(37)33-25-11-5-3-6-12-25)34(21-24-17-19-26(40-2)20-18-24)30(36)22-35(29-16-10-9-15-28(29)32)41(38,39)27-13-7-4-8-14-27/h4,7-10,13-20,23,25H,3,5-6,11-12,21-22H2,1-2H3,(H,33,37). The Kier molecular flexibility index (Phi) is 10.3. The second-order valence-electron chi connectivity index (χ2n) is 10.2. The molecule has 1 saturated carbocycles. The van der Waals surface area contributed by atoms with Gasteiger partial charge in [0.25, 0.3) is 10.0 Å². The average Bonchev–Trinajstić information content (AvgIpc) is 3.00. The summed E-state index contributed by atoms with van der Waals surface area (Å²) in [4.78, 5) is 28.9. The number of nitrogens with one attached hydrogen (secondary N) is 1. The van der Waals surface area contributed by atoms with E-state index in [4.69, 9.17) is 16.3 Å². The Morgan fingerprint density at radius 1 is 0.951 bits per heavy atom. The van der Waals surface area contributed by atoms with Crippen LogP contribution in [0.3, 0.4) is 0 Å². The summed E-state index contributed by atoms with van der Waals surface area (Å²) < 4.78 is 34.0. The SMILES string of the molecule is COc1ccc(CN(C(=O)CN(c2ccccc2Cl)S(=O)(=O)c2ccccc2)C(C)C(=O)NC2CCCCC2)cc1. The lowest BCUT2D eigenvalue weighted by atomic mass is 9.95. The molecule has 0 heterocycles. The van der Waals surface area contributed by atoms with E-state index in [0.29, 0.717) is 5.75 Å². The molecular formula is C31H36ClN3O5S. The minimum atomic E-state index is -4.17. The maximum atomic E-state index is 14.1. The maximum absolute atomic E-state index is 14.1. The number of para-hydroxylation sites is 1. The van der Waals surface area contributed by atoms with E-state index >= 15 is 0 Å². The molecule has 1 fully saturated rings. The lowest BCUT2D eigenvalue weighted by Gasteiger charge is -2.33. The first-order valence-corrected chi connectivity index (χ1v) is 15.6. The summed E-state index contributed by atoms with van der Waals surface area (Å²) in [5, 5.41) is 3.29. The molecule has 0 spiro atoms. The molecule has 218 valence electrons. The Balaban J connectivity index is 1.67. The number of rotatable bonds is 11. The van der Waals surface area contributed by atoms with Crippen LogP contribution < -0.4 is 14.4 Å². The summed E-state index contributed by atoms with van der Waals surface area (Å²) in [7, 11) is -2.60. The number of hydrogen-bond donors (Lipinski definition) is 1. The fourth-order valence-electron chi connectivity index (χ4n) is 4.97. The summed E-state index contributed by atoms with van der Waals surface area (Å²) in [6, 6.07) is 20.8. The number of hydrogen-bond acceptors (Lipinski definition) is 5. The van der Waals surface area contributed by atoms with Gasteiger partial charge in [0.15, 0.2) is 0 Å². The van der Waals surface area contributed by atoms with Gasteiger partial charge in [-0.05, 0) is 61.7 Å². The number of nitrogens with zero attached hydrogens (tertiary/aromatic N) is 2. The highest BCUT2D eigenvalue weighted by Crippen LogP contribution is 2.31. The van der Waals surface area contributed by atoms with Crippen LogP contribution in [0.25, 0.3) is 0 Å². The van der Waals surface area contributed by atoms with Gasteiger partial charge < -0.3 is 15.0 Å². The van der Waals surface area contributed by atoms with E-state index in [0.717, 1.165) is 42.0 Å². The number of sulfonamides is 1. The Morgan fingerprint density at radius 3 is 2.22 bits per heavy atom. The van der Waals surface area contributed by atoms with Crippen molar-refractivity contribution in [1.29, 1.82) is 0 Å². The summed E-state index contributed by atoms with van der Waals surface area (Å²) in [5.74, 6) is -0.144. The zero-order chi connectivity index (χ0) is 29.4. The molecule has 0 bridgehead atoms. The third kappa shape index (κ3) is 7.59. The normalized spacial score (nSPS) is 14.6. The van der Waals surface area contributed by atoms with Crippen LogP contribution in [0.15, 0.2) is 83.8 Å². The van der Waals surface area contributed by atoms with Crippen LogP contribution in [0.4, 0.5) is 5.69 Å². The molecule has 1 unspecified atom stereocenters. The van der Waals surface area contributed by atoms with E-state index in [1.165, 1.54) is 17.0 Å². The van der Waals surface area contributed by atoms with Gasteiger partial charge in [0.05, 0.1) is 22.7 Å². The fourth-order valence-corrected chi connectivity index (χ4v) is 6.71. The van der Waals surface area contributed by atoms with E-state index in [9.17, 15) is 18.0 Å². The van der Waals surface area contributed by atoms with E-state index in [1.807, 2.05) is 12.1 Å². The van der Waals surface area contributed by atoms with E-state index in [-0.39, 0.29) is 34.1 Å². The number of anilines is 1. The van der Waals surface area contributed by atoms with Crippen LogP contribution in [0.2, 0.25) is 5.02 Å². The average molecular weight is 598 g/mol. The third-order valence-electron chi connectivity index (χ3n) is 7.36. The first-order chi connectivity index (χ1) is 19.7. The summed E-state index contributed by atoms with van der Waals surface area (Å²) in [6.07, 6.45) is 5.06. The van der Waals surface area contributed by atoms with Crippen molar-refractivity contribution >= 4 is 39.1 Å². The number of halogens is 1. The second kappa shape index (κ2) is 13.9. The molecule has 3 aromatic rings. The van der Waals surface area contributed by atoms with E-state index in [2.05, 4.69) is 5.32 Å². The van der Waals surface area contributed by atoms with Gasteiger partial charge in [-0.25, -0.2) is 8.42 Å². The molecule has 41 heavy (non-hydrogen) atoms. The predicted molar refractivity (Wildman–Crippen MR) is 160 cm³/mol. The van der Waals surface area contributed by atoms with Gasteiger partial charge in [0.2, 0.25) is 11.8 Å². The molecule has 1 atom stereocenters. The van der Waals surface area contributed by atoms with Crippen molar-refractivity contribution in [3.8, 4) is 5.75 Å². The molecule has 4 rings (SSSR count). The largest absolute Gasteiger partial charge is 0.497 e. The first-order valence-electron chi connectivity index (χ1n) is 13.8. The molecule has 1 aliphatic rings. The minimum absolute atomic E-state index is 0.0255. The number of benzene rings is 3. The van der Waals surface area contributed by atoms with Crippen LogP contribution in [0, 0.1) is 0 Å². The highest BCUT2D eigenvalue weighted by atomic mass is 35.5. The van der Waals surface area contributed by atoms with Crippen molar-refractivity contribution < 1.29 is 22.7 Å². The molecule has 0 saturated heterocycles. The molecule has 2 amide bonds. The van der Waals surface area contributed by atoms with Crippen LogP contribution in [-0.4, -0.2) is 50.9 Å². The second-order valence-corrected chi connectivity index (χ2v) is 12.4. The molecule has 1 aliphatic carbocycles. The quantitative estimate of drug-likeness (QED) is 0.319. The Labute approximate surface area is 247 Å². The number of carbonyl (C=O) groups is 2. The lowest BCUT2D eigenvalue weighted by Crippen LogP contribution is -2.53. The number of methoxy groups -OCH3 is 1. The molecule has 0 aromatic heterocycles. The lowest BCUT2D eigenvalue weighted by molar-refractivity contribution is -0.139. The van der Waals surface area contributed by atoms with Gasteiger partial charge in [-0.15, -0.1) is 0 Å². The zero-order valence-corrected chi connectivity index (χ0v) is 24.9. The van der Waals surface area contributed by atoms with Gasteiger partial charge in [-0.3, -0.25) is 13.9 Å². The summed E-state index contributed by atoms with van der Waals surface area (Å²) in [6.45, 7) is 1.23. The monoisotopic (exact) mass is 597 g/mol. The Bertz CT molecular complexity index is 1430. The third-order valence-corrected chi connectivity index (χ3v) is 9.46. The molecular weight excluding hydrogens is 562 g/mol. The van der Waals surface area contributed by atoms with Crippen molar-refractivity contribution in [1.82, 2.24) is 10.2 Å².